The molecule has 1 atom stereocenters. The van der Waals surface area contributed by atoms with E-state index in [1.165, 1.54) is 36.0 Å². The van der Waals surface area contributed by atoms with E-state index in [4.69, 9.17) is 0 Å². The number of rotatable bonds is 2. The highest BCUT2D eigenvalue weighted by Gasteiger charge is 2.15. The molecule has 0 saturated carbocycles. The van der Waals surface area contributed by atoms with E-state index in [0.29, 0.717) is 0 Å². The Balaban J connectivity index is 1.93. The average Bonchev–Trinajstić information content (AvgIpc) is 2.47. The number of benzene rings is 2. The Morgan fingerprint density at radius 3 is 2.42 bits per heavy atom. The molecular weight excluding hydrogens is 228 g/mol. The van der Waals surface area contributed by atoms with Gasteiger partial charge in [0.2, 0.25) is 0 Å². The van der Waals surface area contributed by atoms with E-state index in [9.17, 15) is 0 Å². The summed E-state index contributed by atoms with van der Waals surface area (Å²) in [5, 5.41) is 0. The zero-order chi connectivity index (χ0) is 13.2. The first-order chi connectivity index (χ1) is 9.26. The van der Waals surface area contributed by atoms with Gasteiger partial charge in [-0.2, -0.15) is 0 Å². The Labute approximate surface area is 116 Å². The smallest absolute Gasteiger partial charge is 0.0181 e. The first-order valence-corrected chi connectivity index (χ1v) is 7.47. The second kappa shape index (κ2) is 5.21. The molecule has 1 aliphatic carbocycles. The highest BCUT2D eigenvalue weighted by atomic mass is 14.2. The van der Waals surface area contributed by atoms with Crippen molar-refractivity contribution in [3.8, 4) is 11.1 Å². The SMILES string of the molecule is CCc1ccc(-c2ccc3c(c2)CCC(C)C3)cc1. The minimum Gasteiger partial charge on any atom is -0.0622 e. The van der Waals surface area contributed by atoms with Crippen molar-refractivity contribution >= 4 is 0 Å². The molecule has 0 fully saturated rings. The Bertz CT molecular complexity index is 563. The van der Waals surface area contributed by atoms with E-state index in [0.717, 1.165) is 12.3 Å². The van der Waals surface area contributed by atoms with Crippen LogP contribution < -0.4 is 0 Å². The third kappa shape index (κ3) is 2.58. The number of fused-ring (bicyclic) bond motifs is 1. The first-order valence-electron chi connectivity index (χ1n) is 7.47. The van der Waals surface area contributed by atoms with E-state index in [1.54, 1.807) is 11.1 Å². The maximum Gasteiger partial charge on any atom is -0.0181 e. The molecule has 0 spiro atoms. The summed E-state index contributed by atoms with van der Waals surface area (Å²) in [6.07, 6.45) is 4.95. The molecule has 0 heteroatoms. The molecule has 0 amide bonds. The first kappa shape index (κ1) is 12.5. The molecule has 0 radical (unpaired) electrons. The normalized spacial score (nSPS) is 18.1. The molecule has 98 valence electrons. The third-order valence-corrected chi connectivity index (χ3v) is 4.38. The molecule has 1 aliphatic rings. The maximum absolute atomic E-state index is 2.40. The average molecular weight is 250 g/mol. The molecule has 2 aromatic carbocycles. The lowest BCUT2D eigenvalue weighted by Gasteiger charge is -2.22. The molecule has 0 heterocycles. The molecule has 1 unspecified atom stereocenters. The molecule has 19 heavy (non-hydrogen) atoms. The van der Waals surface area contributed by atoms with Crippen LogP contribution in [0.3, 0.4) is 0 Å². The largest absolute Gasteiger partial charge is 0.0622 e. The summed E-state index contributed by atoms with van der Waals surface area (Å²) in [6.45, 7) is 4.56. The van der Waals surface area contributed by atoms with Gasteiger partial charge in [0.15, 0.2) is 0 Å². The van der Waals surface area contributed by atoms with Crippen molar-refractivity contribution in [2.24, 2.45) is 5.92 Å². The molecule has 0 nitrogen and oxygen atoms in total. The number of aryl methyl sites for hydroxylation is 2. The standard InChI is InChI=1S/C19H22/c1-3-15-5-8-16(9-6-15)18-11-10-17-12-14(2)4-7-19(17)13-18/h5-6,8-11,13-14H,3-4,7,12H2,1-2H3. The summed E-state index contributed by atoms with van der Waals surface area (Å²) in [5.41, 5.74) is 7.26. The Hall–Kier alpha value is -1.56. The van der Waals surface area contributed by atoms with Gasteiger partial charge < -0.3 is 0 Å². The van der Waals surface area contributed by atoms with Crippen LogP contribution in [0.25, 0.3) is 11.1 Å². The van der Waals surface area contributed by atoms with Gasteiger partial charge >= 0.3 is 0 Å². The highest BCUT2D eigenvalue weighted by molar-refractivity contribution is 5.65. The van der Waals surface area contributed by atoms with Crippen LogP contribution in [0, 0.1) is 5.92 Å². The van der Waals surface area contributed by atoms with Gasteiger partial charge in [-0.1, -0.05) is 56.3 Å². The third-order valence-electron chi connectivity index (χ3n) is 4.38. The fraction of sp³-hybridized carbons (Fsp3) is 0.368. The molecule has 0 bridgehead atoms. The molecule has 2 aromatic rings. The topological polar surface area (TPSA) is 0 Å². The minimum absolute atomic E-state index is 0.849. The van der Waals surface area contributed by atoms with Gasteiger partial charge in [0.05, 0.1) is 0 Å². The Morgan fingerprint density at radius 1 is 0.947 bits per heavy atom. The molecule has 3 rings (SSSR count). The minimum atomic E-state index is 0.849. The summed E-state index contributed by atoms with van der Waals surface area (Å²) < 4.78 is 0. The van der Waals surface area contributed by atoms with Gasteiger partial charge in [-0.3, -0.25) is 0 Å². The molecule has 0 aliphatic heterocycles. The van der Waals surface area contributed by atoms with Crippen LogP contribution >= 0.6 is 0 Å². The van der Waals surface area contributed by atoms with Gasteiger partial charge in [-0.15, -0.1) is 0 Å². The lowest BCUT2D eigenvalue weighted by atomic mass is 9.83. The lowest BCUT2D eigenvalue weighted by molar-refractivity contribution is 0.501. The summed E-state index contributed by atoms with van der Waals surface area (Å²) in [6, 6.07) is 16.0. The second-order valence-electron chi connectivity index (χ2n) is 5.88. The van der Waals surface area contributed by atoms with E-state index in [1.807, 2.05) is 0 Å². The van der Waals surface area contributed by atoms with Crippen LogP contribution in [0.5, 0.6) is 0 Å². The Kier molecular flexibility index (Phi) is 3.42. The lowest BCUT2D eigenvalue weighted by Crippen LogP contribution is -2.11. The summed E-state index contributed by atoms with van der Waals surface area (Å²) in [4.78, 5) is 0. The van der Waals surface area contributed by atoms with Crippen LogP contribution in [0.1, 0.15) is 37.0 Å². The van der Waals surface area contributed by atoms with Gasteiger partial charge in [0.1, 0.15) is 0 Å². The van der Waals surface area contributed by atoms with E-state index in [-0.39, 0.29) is 0 Å². The highest BCUT2D eigenvalue weighted by Crippen LogP contribution is 2.29. The van der Waals surface area contributed by atoms with Crippen LogP contribution in [0.15, 0.2) is 42.5 Å². The van der Waals surface area contributed by atoms with Crippen molar-refractivity contribution in [3.05, 3.63) is 59.2 Å². The quantitative estimate of drug-likeness (QED) is 0.700. The second-order valence-corrected chi connectivity index (χ2v) is 5.88. The van der Waals surface area contributed by atoms with E-state index >= 15 is 0 Å². The summed E-state index contributed by atoms with van der Waals surface area (Å²) in [5.74, 6) is 0.849. The van der Waals surface area contributed by atoms with Crippen molar-refractivity contribution in [2.75, 3.05) is 0 Å². The van der Waals surface area contributed by atoms with Gasteiger partial charge in [-0.25, -0.2) is 0 Å². The number of hydrogen-bond donors (Lipinski definition) is 0. The van der Waals surface area contributed by atoms with Gasteiger partial charge in [-0.05, 0) is 59.4 Å². The molecule has 0 N–H and O–H groups in total. The van der Waals surface area contributed by atoms with E-state index in [2.05, 4.69) is 56.3 Å². The molecular formula is C19H22. The van der Waals surface area contributed by atoms with E-state index < -0.39 is 0 Å². The van der Waals surface area contributed by atoms with Crippen LogP contribution in [-0.2, 0) is 19.3 Å². The maximum atomic E-state index is 2.40. The summed E-state index contributed by atoms with van der Waals surface area (Å²) >= 11 is 0. The van der Waals surface area contributed by atoms with Crippen molar-refractivity contribution in [2.45, 2.75) is 39.5 Å². The van der Waals surface area contributed by atoms with Crippen molar-refractivity contribution < 1.29 is 0 Å². The Morgan fingerprint density at radius 2 is 1.68 bits per heavy atom. The van der Waals surface area contributed by atoms with Crippen molar-refractivity contribution in [3.63, 3.8) is 0 Å². The summed E-state index contributed by atoms with van der Waals surface area (Å²) in [7, 11) is 0. The zero-order valence-electron chi connectivity index (χ0n) is 11.9. The predicted octanol–water partition coefficient (Wildman–Crippen LogP) is 5.04. The van der Waals surface area contributed by atoms with Crippen LogP contribution in [-0.4, -0.2) is 0 Å². The monoisotopic (exact) mass is 250 g/mol. The van der Waals surface area contributed by atoms with Gasteiger partial charge in [0.25, 0.3) is 0 Å². The van der Waals surface area contributed by atoms with Crippen LogP contribution in [0.4, 0.5) is 0 Å². The van der Waals surface area contributed by atoms with Gasteiger partial charge in [0, 0.05) is 0 Å². The molecule has 0 saturated heterocycles. The van der Waals surface area contributed by atoms with Crippen molar-refractivity contribution in [1.82, 2.24) is 0 Å². The fourth-order valence-electron chi connectivity index (χ4n) is 3.05. The van der Waals surface area contributed by atoms with Crippen molar-refractivity contribution in [1.29, 1.82) is 0 Å². The fourth-order valence-corrected chi connectivity index (χ4v) is 3.05. The number of hydrogen-bond acceptors (Lipinski definition) is 0. The molecule has 0 aromatic heterocycles. The zero-order valence-corrected chi connectivity index (χ0v) is 11.9. The predicted molar refractivity (Wildman–Crippen MR) is 82.4 cm³/mol. The van der Waals surface area contributed by atoms with Crippen LogP contribution in [0.2, 0.25) is 0 Å².